The number of benzene rings is 2. The summed E-state index contributed by atoms with van der Waals surface area (Å²) in [5.74, 6) is -1.02. The number of carbonyl (C=O) groups excluding carboxylic acids is 3. The maximum atomic E-state index is 12.3. The summed E-state index contributed by atoms with van der Waals surface area (Å²) in [6.07, 6.45) is 0. The predicted octanol–water partition coefficient (Wildman–Crippen LogP) is 4.02. The van der Waals surface area contributed by atoms with Gasteiger partial charge in [0.1, 0.15) is 0 Å². The van der Waals surface area contributed by atoms with Gasteiger partial charge in [0, 0.05) is 22.0 Å². The van der Waals surface area contributed by atoms with Crippen molar-refractivity contribution in [2.75, 3.05) is 17.2 Å². The van der Waals surface area contributed by atoms with E-state index >= 15 is 0 Å². The van der Waals surface area contributed by atoms with Crippen LogP contribution in [0, 0.1) is 0 Å². The van der Waals surface area contributed by atoms with Gasteiger partial charge in [0.05, 0.1) is 11.4 Å². The summed E-state index contributed by atoms with van der Waals surface area (Å²) in [5, 5.41) is 10.3. The van der Waals surface area contributed by atoms with Gasteiger partial charge in [0.25, 0.3) is 11.8 Å². The lowest BCUT2D eigenvalue weighted by Crippen LogP contribution is -2.32. The van der Waals surface area contributed by atoms with E-state index in [1.807, 2.05) is 5.38 Å². The third kappa shape index (κ3) is 5.42. The Hall–Kier alpha value is -3.16. The zero-order chi connectivity index (χ0) is 19.9. The fourth-order valence-electron chi connectivity index (χ4n) is 2.34. The van der Waals surface area contributed by atoms with Gasteiger partial charge in [-0.25, -0.2) is 0 Å². The molecule has 3 aromatic rings. The van der Waals surface area contributed by atoms with Gasteiger partial charge < -0.3 is 16.0 Å². The zero-order valence-corrected chi connectivity index (χ0v) is 16.1. The summed E-state index contributed by atoms with van der Waals surface area (Å²) >= 11 is 7.13. The van der Waals surface area contributed by atoms with Crippen LogP contribution in [-0.4, -0.2) is 24.3 Å². The third-order valence-electron chi connectivity index (χ3n) is 3.67. The topological polar surface area (TPSA) is 87.3 Å². The first-order chi connectivity index (χ1) is 13.5. The molecule has 0 saturated heterocycles. The normalized spacial score (nSPS) is 10.2. The van der Waals surface area contributed by atoms with Gasteiger partial charge in [-0.05, 0) is 53.9 Å². The quantitative estimate of drug-likeness (QED) is 0.570. The van der Waals surface area contributed by atoms with Crippen LogP contribution in [-0.2, 0) is 4.79 Å². The number of carbonyl (C=O) groups is 3. The summed E-state index contributed by atoms with van der Waals surface area (Å²) in [4.78, 5) is 36.9. The van der Waals surface area contributed by atoms with Crippen molar-refractivity contribution in [1.82, 2.24) is 5.32 Å². The van der Waals surface area contributed by atoms with Crippen LogP contribution in [0.3, 0.4) is 0 Å². The number of amides is 3. The molecule has 8 heteroatoms. The monoisotopic (exact) mass is 413 g/mol. The minimum atomic E-state index is -0.418. The Morgan fingerprint density at radius 3 is 2.36 bits per heavy atom. The molecule has 0 bridgehead atoms. The summed E-state index contributed by atoms with van der Waals surface area (Å²) in [5.41, 5.74) is 1.42. The van der Waals surface area contributed by atoms with Gasteiger partial charge in [-0.2, -0.15) is 0 Å². The van der Waals surface area contributed by atoms with Crippen LogP contribution in [0.2, 0.25) is 5.02 Å². The molecule has 0 aliphatic carbocycles. The maximum absolute atomic E-state index is 12.3. The van der Waals surface area contributed by atoms with Crippen molar-refractivity contribution < 1.29 is 14.4 Å². The summed E-state index contributed by atoms with van der Waals surface area (Å²) < 4.78 is 0. The molecule has 1 aromatic heterocycles. The van der Waals surface area contributed by atoms with Crippen molar-refractivity contribution in [3.63, 3.8) is 0 Å². The lowest BCUT2D eigenvalue weighted by atomic mass is 10.2. The molecule has 28 heavy (non-hydrogen) atoms. The second-order valence-corrected chi connectivity index (χ2v) is 7.13. The Morgan fingerprint density at radius 1 is 0.857 bits per heavy atom. The van der Waals surface area contributed by atoms with Crippen molar-refractivity contribution in [2.24, 2.45) is 0 Å². The second kappa shape index (κ2) is 9.16. The Labute approximate surface area is 170 Å². The SMILES string of the molecule is O=C(CNC(=O)c1cccc(NC(=O)c2cccs2)c1)Nc1ccc(Cl)cc1. The van der Waals surface area contributed by atoms with Crippen LogP contribution in [0.25, 0.3) is 0 Å². The van der Waals surface area contributed by atoms with Crippen molar-refractivity contribution in [2.45, 2.75) is 0 Å². The van der Waals surface area contributed by atoms with E-state index < -0.39 is 5.91 Å². The molecule has 3 amide bonds. The van der Waals surface area contributed by atoms with Crippen LogP contribution in [0.1, 0.15) is 20.0 Å². The molecule has 0 aliphatic heterocycles. The minimum Gasteiger partial charge on any atom is -0.343 e. The molecular formula is C20H16ClN3O3S. The van der Waals surface area contributed by atoms with Crippen LogP contribution in [0.15, 0.2) is 66.0 Å². The average molecular weight is 414 g/mol. The molecule has 0 saturated carbocycles. The Balaban J connectivity index is 1.54. The van der Waals surface area contributed by atoms with Crippen LogP contribution >= 0.6 is 22.9 Å². The number of hydrogen-bond acceptors (Lipinski definition) is 4. The molecule has 0 aliphatic rings. The van der Waals surface area contributed by atoms with E-state index in [1.54, 1.807) is 60.7 Å². The summed E-state index contributed by atoms with van der Waals surface area (Å²) in [7, 11) is 0. The van der Waals surface area contributed by atoms with Crippen LogP contribution < -0.4 is 16.0 Å². The lowest BCUT2D eigenvalue weighted by Gasteiger charge is -2.09. The molecule has 0 radical (unpaired) electrons. The van der Waals surface area contributed by atoms with Gasteiger partial charge in [-0.1, -0.05) is 23.7 Å². The number of thiophene rings is 1. The first-order valence-corrected chi connectivity index (χ1v) is 9.55. The second-order valence-electron chi connectivity index (χ2n) is 5.75. The first kappa shape index (κ1) is 19.6. The number of anilines is 2. The number of nitrogens with one attached hydrogen (secondary N) is 3. The molecule has 1 heterocycles. The van der Waals surface area contributed by atoms with Gasteiger partial charge in [0.2, 0.25) is 5.91 Å². The molecular weight excluding hydrogens is 398 g/mol. The minimum absolute atomic E-state index is 0.187. The number of hydrogen-bond donors (Lipinski definition) is 3. The summed E-state index contributed by atoms with van der Waals surface area (Å²) in [6.45, 7) is -0.187. The standard InChI is InChI=1S/C20H16ClN3O3S/c21-14-6-8-15(9-7-14)23-18(25)12-22-19(26)13-3-1-4-16(11-13)24-20(27)17-5-2-10-28-17/h1-11H,12H2,(H,22,26)(H,23,25)(H,24,27). The van der Waals surface area contributed by atoms with E-state index in [-0.39, 0.29) is 18.4 Å². The highest BCUT2D eigenvalue weighted by Gasteiger charge is 2.11. The highest BCUT2D eigenvalue weighted by atomic mass is 35.5. The molecule has 0 spiro atoms. The molecule has 3 rings (SSSR count). The van der Waals surface area contributed by atoms with Gasteiger partial charge in [-0.3, -0.25) is 14.4 Å². The van der Waals surface area contributed by atoms with Crippen molar-refractivity contribution in [3.05, 3.63) is 81.5 Å². The Kier molecular flexibility index (Phi) is 6.41. The van der Waals surface area contributed by atoms with E-state index in [9.17, 15) is 14.4 Å². The van der Waals surface area contributed by atoms with Crippen molar-refractivity contribution >= 4 is 52.0 Å². The van der Waals surface area contributed by atoms with Crippen LogP contribution in [0.4, 0.5) is 11.4 Å². The van der Waals surface area contributed by atoms with E-state index in [2.05, 4.69) is 16.0 Å². The van der Waals surface area contributed by atoms with Gasteiger partial charge in [0.15, 0.2) is 0 Å². The molecule has 2 aromatic carbocycles. The zero-order valence-electron chi connectivity index (χ0n) is 14.6. The summed E-state index contributed by atoms with van der Waals surface area (Å²) in [6, 6.07) is 16.7. The molecule has 142 valence electrons. The molecule has 0 atom stereocenters. The van der Waals surface area contributed by atoms with Crippen molar-refractivity contribution in [3.8, 4) is 0 Å². The number of rotatable bonds is 6. The number of halogens is 1. The lowest BCUT2D eigenvalue weighted by molar-refractivity contribution is -0.115. The van der Waals surface area contributed by atoms with Gasteiger partial charge >= 0.3 is 0 Å². The third-order valence-corrected chi connectivity index (χ3v) is 4.79. The van der Waals surface area contributed by atoms with E-state index in [0.717, 1.165) is 0 Å². The molecule has 0 unspecified atom stereocenters. The van der Waals surface area contributed by atoms with Gasteiger partial charge in [-0.15, -0.1) is 11.3 Å². The maximum Gasteiger partial charge on any atom is 0.265 e. The highest BCUT2D eigenvalue weighted by Crippen LogP contribution is 2.15. The predicted molar refractivity (Wildman–Crippen MR) is 111 cm³/mol. The van der Waals surface area contributed by atoms with E-state index in [0.29, 0.717) is 26.8 Å². The average Bonchev–Trinajstić information content (AvgIpc) is 3.23. The van der Waals surface area contributed by atoms with E-state index in [4.69, 9.17) is 11.6 Å². The van der Waals surface area contributed by atoms with Crippen LogP contribution in [0.5, 0.6) is 0 Å². The molecule has 0 fully saturated rings. The first-order valence-electron chi connectivity index (χ1n) is 8.30. The van der Waals surface area contributed by atoms with Crippen molar-refractivity contribution in [1.29, 1.82) is 0 Å². The molecule has 6 nitrogen and oxygen atoms in total. The fraction of sp³-hybridized carbons (Fsp3) is 0.0500. The highest BCUT2D eigenvalue weighted by molar-refractivity contribution is 7.12. The van der Waals surface area contributed by atoms with E-state index in [1.165, 1.54) is 11.3 Å². The largest absolute Gasteiger partial charge is 0.343 e. The Morgan fingerprint density at radius 2 is 1.64 bits per heavy atom. The Bertz CT molecular complexity index is 988. The molecule has 3 N–H and O–H groups in total. The smallest absolute Gasteiger partial charge is 0.265 e. The fourth-order valence-corrected chi connectivity index (χ4v) is 3.08.